The van der Waals surface area contributed by atoms with Crippen molar-refractivity contribution < 1.29 is 4.39 Å². The molecule has 0 radical (unpaired) electrons. The number of nitrogens with zero attached hydrogens (tertiary/aromatic N) is 3. The van der Waals surface area contributed by atoms with E-state index in [2.05, 4.69) is 32.2 Å². The molecule has 2 heterocycles. The molecule has 4 rings (SSSR count). The van der Waals surface area contributed by atoms with E-state index in [0.29, 0.717) is 17.7 Å². The molecule has 0 aliphatic heterocycles. The van der Waals surface area contributed by atoms with Gasteiger partial charge in [-0.3, -0.25) is 4.99 Å². The SMILES string of the molecule is CC(C)=Nc1c(C)cc(-c2c[nH]c3nc(N[C@H](C)C4CC4)ncc23)cc1F. The first-order chi connectivity index (χ1) is 12.9. The van der Waals surface area contributed by atoms with Crippen LogP contribution in [0.25, 0.3) is 22.2 Å². The van der Waals surface area contributed by atoms with E-state index in [9.17, 15) is 4.39 Å². The number of H-pyrrole nitrogens is 1. The van der Waals surface area contributed by atoms with Gasteiger partial charge in [0.05, 0.1) is 0 Å². The van der Waals surface area contributed by atoms with Gasteiger partial charge in [-0.1, -0.05) is 0 Å². The zero-order valence-corrected chi connectivity index (χ0v) is 16.1. The van der Waals surface area contributed by atoms with Gasteiger partial charge < -0.3 is 10.3 Å². The first-order valence-electron chi connectivity index (χ1n) is 9.35. The van der Waals surface area contributed by atoms with Crippen molar-refractivity contribution in [3.8, 4) is 11.1 Å². The maximum Gasteiger partial charge on any atom is 0.224 e. The zero-order chi connectivity index (χ0) is 19.1. The van der Waals surface area contributed by atoms with Crippen LogP contribution in [0, 0.1) is 18.7 Å². The molecule has 0 unspecified atom stereocenters. The number of aryl methyl sites for hydroxylation is 1. The Hall–Kier alpha value is -2.76. The standard InChI is InChI=1S/C21H24FN5/c1-11(2)25-19-12(3)7-15(8-18(19)22)16-9-23-20-17(16)10-24-21(27-20)26-13(4)14-5-6-14/h7-10,13-14H,5-6H2,1-4H3,(H2,23,24,26,27)/t13-/m1/s1. The number of aliphatic imine (C=N–C) groups is 1. The monoisotopic (exact) mass is 365 g/mol. The van der Waals surface area contributed by atoms with E-state index in [1.54, 1.807) is 6.20 Å². The van der Waals surface area contributed by atoms with Crippen LogP contribution >= 0.6 is 0 Å². The third-order valence-electron chi connectivity index (χ3n) is 5.02. The summed E-state index contributed by atoms with van der Waals surface area (Å²) in [5.41, 5.74) is 4.45. The van der Waals surface area contributed by atoms with Gasteiger partial charge in [0.15, 0.2) is 0 Å². The summed E-state index contributed by atoms with van der Waals surface area (Å²) in [5.74, 6) is 1.03. The van der Waals surface area contributed by atoms with Crippen LogP contribution in [0.15, 0.2) is 29.5 Å². The third kappa shape index (κ3) is 3.56. The minimum Gasteiger partial charge on any atom is -0.351 e. The van der Waals surface area contributed by atoms with Crippen molar-refractivity contribution in [1.82, 2.24) is 15.0 Å². The molecule has 0 amide bonds. The maximum absolute atomic E-state index is 14.6. The van der Waals surface area contributed by atoms with Crippen molar-refractivity contribution in [3.05, 3.63) is 35.9 Å². The Kier molecular flexibility index (Phi) is 4.42. The van der Waals surface area contributed by atoms with Crippen LogP contribution in [-0.2, 0) is 0 Å². The van der Waals surface area contributed by atoms with E-state index in [0.717, 1.165) is 39.4 Å². The number of nitrogens with one attached hydrogen (secondary N) is 2. The van der Waals surface area contributed by atoms with Crippen LogP contribution in [0.4, 0.5) is 16.0 Å². The summed E-state index contributed by atoms with van der Waals surface area (Å²) in [5, 5.41) is 4.25. The van der Waals surface area contributed by atoms with E-state index in [1.807, 2.05) is 33.0 Å². The fraction of sp³-hybridized carbons (Fsp3) is 0.381. The lowest BCUT2D eigenvalue weighted by atomic mass is 10.0. The summed E-state index contributed by atoms with van der Waals surface area (Å²) in [6, 6.07) is 3.86. The summed E-state index contributed by atoms with van der Waals surface area (Å²) in [6.45, 7) is 7.76. The van der Waals surface area contributed by atoms with Gasteiger partial charge in [0, 0.05) is 35.1 Å². The molecule has 0 bridgehead atoms. The number of aromatic nitrogens is 3. The van der Waals surface area contributed by atoms with Crippen molar-refractivity contribution in [2.45, 2.75) is 46.6 Å². The van der Waals surface area contributed by atoms with Crippen molar-refractivity contribution >= 4 is 28.4 Å². The number of rotatable bonds is 5. The molecule has 27 heavy (non-hydrogen) atoms. The minimum absolute atomic E-state index is 0.321. The van der Waals surface area contributed by atoms with E-state index in [-0.39, 0.29) is 5.82 Å². The summed E-state index contributed by atoms with van der Waals surface area (Å²) < 4.78 is 14.6. The average Bonchev–Trinajstić information content (AvgIpc) is 3.38. The lowest BCUT2D eigenvalue weighted by molar-refractivity contribution is 0.629. The number of benzene rings is 1. The number of hydrogen-bond acceptors (Lipinski definition) is 4. The Morgan fingerprint density at radius 2 is 2.11 bits per heavy atom. The second kappa shape index (κ2) is 6.76. The predicted octanol–water partition coefficient (Wildman–Crippen LogP) is 5.40. The first kappa shape index (κ1) is 17.6. The molecular formula is C21H24FN5. The highest BCUT2D eigenvalue weighted by Gasteiger charge is 2.28. The molecule has 0 saturated heterocycles. The van der Waals surface area contributed by atoms with Crippen LogP contribution in [0.1, 0.15) is 39.2 Å². The van der Waals surface area contributed by atoms with E-state index in [1.165, 1.54) is 18.9 Å². The van der Waals surface area contributed by atoms with Gasteiger partial charge in [0.2, 0.25) is 5.95 Å². The lowest BCUT2D eigenvalue weighted by Crippen LogP contribution is -2.18. The molecule has 2 aromatic heterocycles. The van der Waals surface area contributed by atoms with Crippen molar-refractivity contribution in [2.75, 3.05) is 5.32 Å². The topological polar surface area (TPSA) is 66.0 Å². The molecule has 1 atom stereocenters. The van der Waals surface area contributed by atoms with Crippen LogP contribution in [0.5, 0.6) is 0 Å². The van der Waals surface area contributed by atoms with Gasteiger partial charge in [-0.2, -0.15) is 4.98 Å². The number of hydrogen-bond donors (Lipinski definition) is 2. The van der Waals surface area contributed by atoms with Gasteiger partial charge >= 0.3 is 0 Å². The number of halogens is 1. The van der Waals surface area contributed by atoms with E-state index < -0.39 is 0 Å². The highest BCUT2D eigenvalue weighted by atomic mass is 19.1. The molecule has 0 spiro atoms. The maximum atomic E-state index is 14.6. The van der Waals surface area contributed by atoms with Crippen molar-refractivity contribution in [1.29, 1.82) is 0 Å². The van der Waals surface area contributed by atoms with E-state index >= 15 is 0 Å². The molecule has 1 aromatic carbocycles. The summed E-state index contributed by atoms with van der Waals surface area (Å²) >= 11 is 0. The molecule has 140 valence electrons. The largest absolute Gasteiger partial charge is 0.351 e. The molecule has 3 aromatic rings. The number of aromatic amines is 1. The Morgan fingerprint density at radius 1 is 1.33 bits per heavy atom. The fourth-order valence-electron chi connectivity index (χ4n) is 3.39. The molecule has 1 fully saturated rings. The number of anilines is 1. The quantitative estimate of drug-likeness (QED) is 0.595. The summed E-state index contributed by atoms with van der Waals surface area (Å²) in [7, 11) is 0. The zero-order valence-electron chi connectivity index (χ0n) is 16.1. The van der Waals surface area contributed by atoms with Crippen LogP contribution in [-0.4, -0.2) is 26.7 Å². The van der Waals surface area contributed by atoms with Gasteiger partial charge in [0.1, 0.15) is 17.2 Å². The Balaban J connectivity index is 1.69. The molecule has 2 N–H and O–H groups in total. The van der Waals surface area contributed by atoms with Gasteiger partial charge in [0.25, 0.3) is 0 Å². The molecule has 1 saturated carbocycles. The normalized spacial score (nSPS) is 15.0. The Bertz CT molecular complexity index is 1010. The van der Waals surface area contributed by atoms with Gasteiger partial charge in [-0.15, -0.1) is 0 Å². The summed E-state index contributed by atoms with van der Waals surface area (Å²) in [4.78, 5) is 16.5. The highest BCUT2D eigenvalue weighted by molar-refractivity contribution is 5.94. The second-order valence-corrected chi connectivity index (χ2v) is 7.61. The smallest absolute Gasteiger partial charge is 0.224 e. The fourth-order valence-corrected chi connectivity index (χ4v) is 3.39. The average molecular weight is 365 g/mol. The molecule has 1 aliphatic rings. The first-order valence-corrected chi connectivity index (χ1v) is 9.35. The second-order valence-electron chi connectivity index (χ2n) is 7.61. The van der Waals surface area contributed by atoms with Crippen LogP contribution < -0.4 is 5.32 Å². The molecular weight excluding hydrogens is 341 g/mol. The minimum atomic E-state index is -0.321. The lowest BCUT2D eigenvalue weighted by Gasteiger charge is -2.12. The summed E-state index contributed by atoms with van der Waals surface area (Å²) in [6.07, 6.45) is 6.19. The third-order valence-corrected chi connectivity index (χ3v) is 5.02. The van der Waals surface area contributed by atoms with Crippen molar-refractivity contribution in [3.63, 3.8) is 0 Å². The van der Waals surface area contributed by atoms with Gasteiger partial charge in [-0.05, 0) is 69.7 Å². The molecule has 5 nitrogen and oxygen atoms in total. The van der Waals surface area contributed by atoms with Gasteiger partial charge in [-0.25, -0.2) is 9.37 Å². The van der Waals surface area contributed by atoms with E-state index in [4.69, 9.17) is 0 Å². The Morgan fingerprint density at radius 3 is 2.78 bits per heavy atom. The molecule has 1 aliphatic carbocycles. The van der Waals surface area contributed by atoms with Crippen LogP contribution in [0.3, 0.4) is 0 Å². The number of fused-ring (bicyclic) bond motifs is 1. The Labute approximate surface area is 158 Å². The van der Waals surface area contributed by atoms with Crippen LogP contribution in [0.2, 0.25) is 0 Å². The van der Waals surface area contributed by atoms with Crippen molar-refractivity contribution in [2.24, 2.45) is 10.9 Å². The predicted molar refractivity (Wildman–Crippen MR) is 108 cm³/mol. The molecule has 6 heteroatoms. The highest BCUT2D eigenvalue weighted by Crippen LogP contribution is 2.35.